The summed E-state index contributed by atoms with van der Waals surface area (Å²) in [7, 11) is 0. The fourth-order valence-corrected chi connectivity index (χ4v) is 1.85. The maximum absolute atomic E-state index is 12.2. The van der Waals surface area contributed by atoms with E-state index < -0.39 is 6.36 Å². The van der Waals surface area contributed by atoms with Crippen LogP contribution in [-0.4, -0.2) is 16.3 Å². The molecule has 0 radical (unpaired) electrons. The first-order valence-electron chi connectivity index (χ1n) is 6.10. The average Bonchev–Trinajstić information content (AvgIpc) is 2.45. The number of rotatable bonds is 4. The summed E-state index contributed by atoms with van der Waals surface area (Å²) in [4.78, 5) is 8.19. The third-order valence-electron chi connectivity index (χ3n) is 2.77. The smallest absolute Gasteiger partial charge is 0.406 e. The minimum absolute atomic E-state index is 0.253. The van der Waals surface area contributed by atoms with Crippen LogP contribution in [0.2, 0.25) is 0 Å². The van der Waals surface area contributed by atoms with Gasteiger partial charge in [-0.05, 0) is 30.2 Å². The zero-order valence-corrected chi connectivity index (χ0v) is 11.1. The van der Waals surface area contributed by atoms with Crippen LogP contribution in [-0.2, 0) is 6.42 Å². The molecule has 2 aromatic rings. The quantitative estimate of drug-likeness (QED) is 0.670. The number of aryl methyl sites for hydroxylation is 1. The molecule has 0 saturated heterocycles. The SMILES string of the molecule is CCc1cc(OC(F)(F)F)ccc1-c1cnc(NN)cn1. The minimum atomic E-state index is -4.71. The molecule has 0 fully saturated rings. The van der Waals surface area contributed by atoms with Crippen LogP contribution in [0.4, 0.5) is 19.0 Å². The van der Waals surface area contributed by atoms with Gasteiger partial charge in [-0.2, -0.15) is 0 Å². The molecule has 5 nitrogen and oxygen atoms in total. The van der Waals surface area contributed by atoms with Gasteiger partial charge in [0.2, 0.25) is 0 Å². The predicted octanol–water partition coefficient (Wildman–Crippen LogP) is 2.89. The fraction of sp³-hybridized carbons (Fsp3) is 0.231. The zero-order valence-electron chi connectivity index (χ0n) is 11.1. The van der Waals surface area contributed by atoms with Crippen LogP contribution < -0.4 is 16.0 Å². The Labute approximate surface area is 118 Å². The number of halogens is 3. The summed E-state index contributed by atoms with van der Waals surface area (Å²) < 4.78 is 40.6. The van der Waals surface area contributed by atoms with E-state index in [1.54, 1.807) is 0 Å². The van der Waals surface area contributed by atoms with E-state index in [1.165, 1.54) is 30.6 Å². The topological polar surface area (TPSA) is 73.1 Å². The van der Waals surface area contributed by atoms with Crippen LogP contribution in [0.15, 0.2) is 30.6 Å². The molecule has 0 aliphatic rings. The number of hydrogen-bond acceptors (Lipinski definition) is 5. The monoisotopic (exact) mass is 298 g/mol. The van der Waals surface area contributed by atoms with Crippen LogP contribution in [0, 0.1) is 0 Å². The Kier molecular flexibility index (Phi) is 4.27. The van der Waals surface area contributed by atoms with Crippen molar-refractivity contribution in [3.63, 3.8) is 0 Å². The molecule has 1 heterocycles. The minimum Gasteiger partial charge on any atom is -0.406 e. The second-order valence-electron chi connectivity index (χ2n) is 4.15. The van der Waals surface area contributed by atoms with Gasteiger partial charge in [0.25, 0.3) is 0 Å². The Balaban J connectivity index is 2.35. The number of aromatic nitrogens is 2. The lowest BCUT2D eigenvalue weighted by atomic mass is 10.0. The molecular weight excluding hydrogens is 285 g/mol. The van der Waals surface area contributed by atoms with Gasteiger partial charge < -0.3 is 10.2 Å². The predicted molar refractivity (Wildman–Crippen MR) is 71.3 cm³/mol. The number of nitrogen functional groups attached to an aromatic ring is 1. The highest BCUT2D eigenvalue weighted by molar-refractivity contribution is 5.64. The highest BCUT2D eigenvalue weighted by Gasteiger charge is 2.31. The number of hydrazine groups is 1. The highest BCUT2D eigenvalue weighted by Crippen LogP contribution is 2.29. The summed E-state index contributed by atoms with van der Waals surface area (Å²) in [5.41, 5.74) is 4.27. The van der Waals surface area contributed by atoms with E-state index in [1.807, 2.05) is 6.92 Å². The van der Waals surface area contributed by atoms with Crippen LogP contribution >= 0.6 is 0 Å². The van der Waals surface area contributed by atoms with Gasteiger partial charge in [0.15, 0.2) is 5.82 Å². The summed E-state index contributed by atoms with van der Waals surface area (Å²) >= 11 is 0. The number of anilines is 1. The lowest BCUT2D eigenvalue weighted by molar-refractivity contribution is -0.274. The van der Waals surface area contributed by atoms with Gasteiger partial charge in [0.05, 0.1) is 18.1 Å². The van der Waals surface area contributed by atoms with Crippen molar-refractivity contribution in [2.24, 2.45) is 5.84 Å². The summed E-state index contributed by atoms with van der Waals surface area (Å²) in [5.74, 6) is 5.34. The molecule has 1 aromatic heterocycles. The summed E-state index contributed by atoms with van der Waals surface area (Å²) in [6.07, 6.45) is -1.24. The zero-order chi connectivity index (χ0) is 15.5. The molecule has 21 heavy (non-hydrogen) atoms. The van der Waals surface area contributed by atoms with Gasteiger partial charge in [-0.25, -0.2) is 10.8 Å². The standard InChI is InChI=1S/C13H13F3N4O/c1-2-8-5-9(21-13(14,15)16)3-4-10(8)11-6-19-12(20-17)7-18-11/h3-7H,2,17H2,1H3,(H,19,20). The molecule has 0 aliphatic heterocycles. The Hall–Kier alpha value is -2.35. The molecule has 1 aromatic carbocycles. The Morgan fingerprint density at radius 1 is 1.24 bits per heavy atom. The van der Waals surface area contributed by atoms with E-state index in [0.29, 0.717) is 29.1 Å². The molecule has 112 valence electrons. The van der Waals surface area contributed by atoms with E-state index in [2.05, 4.69) is 20.1 Å². The van der Waals surface area contributed by atoms with E-state index >= 15 is 0 Å². The van der Waals surface area contributed by atoms with Crippen LogP contribution in [0.25, 0.3) is 11.3 Å². The van der Waals surface area contributed by atoms with Gasteiger partial charge >= 0.3 is 6.36 Å². The molecule has 0 atom stereocenters. The number of nitrogens with two attached hydrogens (primary N) is 1. The lowest BCUT2D eigenvalue weighted by Gasteiger charge is -2.12. The molecule has 2 rings (SSSR count). The van der Waals surface area contributed by atoms with E-state index in [4.69, 9.17) is 5.84 Å². The van der Waals surface area contributed by atoms with Crippen LogP contribution in [0.3, 0.4) is 0 Å². The number of nitrogens with zero attached hydrogens (tertiary/aromatic N) is 2. The van der Waals surface area contributed by atoms with Crippen molar-refractivity contribution in [3.8, 4) is 17.0 Å². The van der Waals surface area contributed by atoms with Gasteiger partial charge in [-0.3, -0.25) is 4.98 Å². The summed E-state index contributed by atoms with van der Waals surface area (Å²) in [6.45, 7) is 1.83. The molecule has 0 aliphatic carbocycles. The second kappa shape index (κ2) is 5.96. The van der Waals surface area contributed by atoms with E-state index in [9.17, 15) is 13.2 Å². The van der Waals surface area contributed by atoms with Crippen molar-refractivity contribution >= 4 is 5.82 Å². The average molecular weight is 298 g/mol. The van der Waals surface area contributed by atoms with E-state index in [0.717, 1.165) is 0 Å². The maximum atomic E-state index is 12.2. The molecule has 0 amide bonds. The fourth-order valence-electron chi connectivity index (χ4n) is 1.85. The molecule has 3 N–H and O–H groups in total. The number of nitrogens with one attached hydrogen (secondary N) is 1. The Morgan fingerprint density at radius 2 is 2.00 bits per heavy atom. The van der Waals surface area contributed by atoms with Crippen LogP contribution in [0.5, 0.6) is 5.75 Å². The Bertz CT molecular complexity index is 614. The van der Waals surface area contributed by atoms with Gasteiger partial charge in [0.1, 0.15) is 5.75 Å². The van der Waals surface area contributed by atoms with E-state index in [-0.39, 0.29) is 5.75 Å². The third kappa shape index (κ3) is 3.82. The number of alkyl halides is 3. The number of ether oxygens (including phenoxy) is 1. The van der Waals surface area contributed by atoms with Gasteiger partial charge in [0, 0.05) is 5.56 Å². The van der Waals surface area contributed by atoms with Crippen molar-refractivity contribution in [1.82, 2.24) is 9.97 Å². The maximum Gasteiger partial charge on any atom is 0.573 e. The molecule has 0 unspecified atom stereocenters. The molecule has 8 heteroatoms. The number of hydrogen-bond donors (Lipinski definition) is 2. The largest absolute Gasteiger partial charge is 0.573 e. The first-order valence-corrected chi connectivity index (χ1v) is 6.10. The van der Waals surface area contributed by atoms with Crippen molar-refractivity contribution in [3.05, 3.63) is 36.2 Å². The van der Waals surface area contributed by atoms with Crippen molar-refractivity contribution in [2.75, 3.05) is 5.43 Å². The van der Waals surface area contributed by atoms with Gasteiger partial charge in [-0.15, -0.1) is 13.2 Å². The number of benzene rings is 1. The van der Waals surface area contributed by atoms with Crippen molar-refractivity contribution in [1.29, 1.82) is 0 Å². The summed E-state index contributed by atoms with van der Waals surface area (Å²) in [6, 6.07) is 4.12. The summed E-state index contributed by atoms with van der Waals surface area (Å²) in [5, 5.41) is 0. The highest BCUT2D eigenvalue weighted by atomic mass is 19.4. The lowest BCUT2D eigenvalue weighted by Crippen LogP contribution is -2.17. The molecular formula is C13H13F3N4O. The first-order chi connectivity index (χ1) is 9.93. The molecule has 0 saturated carbocycles. The van der Waals surface area contributed by atoms with Crippen molar-refractivity contribution in [2.45, 2.75) is 19.7 Å². The van der Waals surface area contributed by atoms with Crippen molar-refractivity contribution < 1.29 is 17.9 Å². The Morgan fingerprint density at radius 3 is 2.52 bits per heavy atom. The molecule has 0 spiro atoms. The molecule has 0 bridgehead atoms. The third-order valence-corrected chi connectivity index (χ3v) is 2.77. The van der Waals surface area contributed by atoms with Gasteiger partial charge in [-0.1, -0.05) is 6.92 Å². The first kappa shape index (κ1) is 15.0. The normalized spacial score (nSPS) is 11.3. The van der Waals surface area contributed by atoms with Crippen LogP contribution in [0.1, 0.15) is 12.5 Å². The second-order valence-corrected chi connectivity index (χ2v) is 4.15.